The smallest absolute Gasteiger partial charge is 0.335 e. The molecule has 0 atom stereocenters. The molecular weight excluding hydrogens is 361 g/mol. The van der Waals surface area contributed by atoms with Crippen molar-refractivity contribution in [1.82, 2.24) is 0 Å². The number of amides is 2. The Morgan fingerprint density at radius 3 is 2.11 bits per heavy atom. The molecule has 0 saturated carbocycles. The van der Waals surface area contributed by atoms with Crippen molar-refractivity contribution in [1.29, 1.82) is 0 Å². The highest BCUT2D eigenvalue weighted by Gasteiger charge is 2.35. The van der Waals surface area contributed by atoms with E-state index in [-0.39, 0.29) is 17.4 Å². The van der Waals surface area contributed by atoms with Crippen molar-refractivity contribution in [2.75, 3.05) is 4.90 Å². The molecular formula is C13H10INO4. The summed E-state index contributed by atoms with van der Waals surface area (Å²) >= 11 is 1.92. The van der Waals surface area contributed by atoms with Crippen molar-refractivity contribution in [3.63, 3.8) is 0 Å². The summed E-state index contributed by atoms with van der Waals surface area (Å²) in [5.41, 5.74) is 1.37. The minimum Gasteiger partial charge on any atom is -0.478 e. The number of imide groups is 1. The van der Waals surface area contributed by atoms with E-state index in [4.69, 9.17) is 5.11 Å². The van der Waals surface area contributed by atoms with Crippen molar-refractivity contribution >= 4 is 46.1 Å². The van der Waals surface area contributed by atoms with Gasteiger partial charge in [0.1, 0.15) is 0 Å². The summed E-state index contributed by atoms with van der Waals surface area (Å²) in [6.45, 7) is 3.21. The molecule has 1 N–H and O–H groups in total. The second-order valence-electron chi connectivity index (χ2n) is 4.17. The lowest BCUT2D eigenvalue weighted by atomic mass is 10.2. The van der Waals surface area contributed by atoms with Crippen LogP contribution in [-0.2, 0) is 9.59 Å². The average molecular weight is 371 g/mol. The molecule has 1 aromatic carbocycles. The van der Waals surface area contributed by atoms with E-state index in [1.54, 1.807) is 13.8 Å². The molecule has 0 bridgehead atoms. The van der Waals surface area contributed by atoms with Gasteiger partial charge in [-0.3, -0.25) is 9.59 Å². The van der Waals surface area contributed by atoms with Crippen molar-refractivity contribution in [2.24, 2.45) is 0 Å². The lowest BCUT2D eigenvalue weighted by Crippen LogP contribution is -2.32. The van der Waals surface area contributed by atoms with E-state index < -0.39 is 5.97 Å². The van der Waals surface area contributed by atoms with E-state index in [1.165, 1.54) is 18.2 Å². The number of carboxylic acid groups (broad SMARTS) is 1. The molecule has 98 valence electrons. The Hall–Kier alpha value is -1.70. The number of anilines is 1. The number of benzene rings is 1. The van der Waals surface area contributed by atoms with Crippen LogP contribution in [0.3, 0.4) is 0 Å². The van der Waals surface area contributed by atoms with E-state index in [1.807, 2.05) is 22.6 Å². The molecule has 1 aliphatic heterocycles. The van der Waals surface area contributed by atoms with Crippen LogP contribution in [0.4, 0.5) is 5.69 Å². The summed E-state index contributed by atoms with van der Waals surface area (Å²) in [6.07, 6.45) is 0. The second kappa shape index (κ2) is 4.76. The predicted octanol–water partition coefficient (Wildman–Crippen LogP) is 2.20. The van der Waals surface area contributed by atoms with Crippen molar-refractivity contribution in [2.45, 2.75) is 13.8 Å². The van der Waals surface area contributed by atoms with Crippen LogP contribution < -0.4 is 4.90 Å². The first-order valence-corrected chi connectivity index (χ1v) is 6.51. The van der Waals surface area contributed by atoms with Gasteiger partial charge in [-0.15, -0.1) is 0 Å². The molecule has 0 aromatic heterocycles. The van der Waals surface area contributed by atoms with Crippen LogP contribution in [0, 0.1) is 3.57 Å². The van der Waals surface area contributed by atoms with Crippen LogP contribution in [0.1, 0.15) is 24.2 Å². The van der Waals surface area contributed by atoms with Crippen molar-refractivity contribution in [3.8, 4) is 0 Å². The minimum atomic E-state index is -1.05. The zero-order valence-electron chi connectivity index (χ0n) is 10.2. The molecule has 2 rings (SSSR count). The fourth-order valence-electron chi connectivity index (χ4n) is 1.79. The van der Waals surface area contributed by atoms with Crippen LogP contribution in [0.25, 0.3) is 0 Å². The van der Waals surface area contributed by atoms with Gasteiger partial charge >= 0.3 is 5.97 Å². The maximum atomic E-state index is 12.0. The Labute approximate surface area is 123 Å². The summed E-state index contributed by atoms with van der Waals surface area (Å²) in [6, 6.07) is 4.29. The molecule has 0 spiro atoms. The topological polar surface area (TPSA) is 74.7 Å². The van der Waals surface area contributed by atoms with Gasteiger partial charge < -0.3 is 5.11 Å². The average Bonchev–Trinajstić information content (AvgIpc) is 2.55. The van der Waals surface area contributed by atoms with Gasteiger partial charge in [0.25, 0.3) is 11.8 Å². The van der Waals surface area contributed by atoms with Crippen molar-refractivity contribution < 1.29 is 19.5 Å². The zero-order chi connectivity index (χ0) is 14.3. The molecule has 0 fully saturated rings. The number of rotatable bonds is 2. The molecule has 1 aliphatic rings. The van der Waals surface area contributed by atoms with Gasteiger partial charge in [0.15, 0.2) is 0 Å². The van der Waals surface area contributed by atoms with E-state index >= 15 is 0 Å². The fraction of sp³-hybridized carbons (Fsp3) is 0.154. The third-order valence-corrected chi connectivity index (χ3v) is 3.91. The summed E-state index contributed by atoms with van der Waals surface area (Å²) < 4.78 is 0.543. The fourth-order valence-corrected chi connectivity index (χ4v) is 2.55. The third-order valence-electron chi connectivity index (χ3n) is 3.05. The summed E-state index contributed by atoms with van der Waals surface area (Å²) in [7, 11) is 0. The maximum Gasteiger partial charge on any atom is 0.335 e. The number of carboxylic acids is 1. The molecule has 1 heterocycles. The van der Waals surface area contributed by atoms with Crippen LogP contribution in [0.2, 0.25) is 0 Å². The standard InChI is InChI=1S/C13H10INO4/c1-6-7(2)12(17)15(11(6)16)10-4-3-8(13(18)19)5-9(10)14/h3-5H,1-2H3,(H,18,19). The first-order chi connectivity index (χ1) is 8.84. The summed E-state index contributed by atoms with van der Waals surface area (Å²) in [5, 5.41) is 8.89. The molecule has 0 aliphatic carbocycles. The Morgan fingerprint density at radius 2 is 1.68 bits per heavy atom. The summed E-state index contributed by atoms with van der Waals surface area (Å²) in [4.78, 5) is 36.0. The minimum absolute atomic E-state index is 0.119. The molecule has 5 nitrogen and oxygen atoms in total. The maximum absolute atomic E-state index is 12.0. The van der Waals surface area contributed by atoms with Gasteiger partial charge in [-0.1, -0.05) is 0 Å². The number of nitrogens with zero attached hydrogens (tertiary/aromatic N) is 1. The number of carbonyl (C=O) groups is 3. The lowest BCUT2D eigenvalue weighted by Gasteiger charge is -2.16. The van der Waals surface area contributed by atoms with Crippen LogP contribution in [0.5, 0.6) is 0 Å². The van der Waals surface area contributed by atoms with Crippen molar-refractivity contribution in [3.05, 3.63) is 38.5 Å². The molecule has 0 saturated heterocycles. The first kappa shape index (κ1) is 13.7. The number of aromatic carboxylic acids is 1. The van der Waals surface area contributed by atoms with Gasteiger partial charge in [0.2, 0.25) is 0 Å². The molecule has 1 aromatic rings. The Morgan fingerprint density at radius 1 is 1.16 bits per heavy atom. The number of hydrogen-bond acceptors (Lipinski definition) is 3. The van der Waals surface area contributed by atoms with Gasteiger partial charge in [-0.25, -0.2) is 9.69 Å². The van der Waals surface area contributed by atoms with E-state index in [9.17, 15) is 14.4 Å². The SMILES string of the molecule is CC1=C(C)C(=O)N(c2ccc(C(=O)O)cc2I)C1=O. The van der Waals surface area contributed by atoms with E-state index in [2.05, 4.69) is 0 Å². The molecule has 0 radical (unpaired) electrons. The number of halogens is 1. The van der Waals surface area contributed by atoms with E-state index in [0.29, 0.717) is 20.4 Å². The molecule has 6 heteroatoms. The Kier molecular flexibility index (Phi) is 3.44. The quantitative estimate of drug-likeness (QED) is 0.639. The Bertz CT molecular complexity index is 624. The van der Waals surface area contributed by atoms with E-state index in [0.717, 1.165) is 4.90 Å². The zero-order valence-corrected chi connectivity index (χ0v) is 12.4. The molecule has 0 unspecified atom stereocenters. The predicted molar refractivity (Wildman–Crippen MR) is 77.0 cm³/mol. The van der Waals surface area contributed by atoms with Gasteiger partial charge in [0, 0.05) is 14.7 Å². The summed E-state index contributed by atoms with van der Waals surface area (Å²) in [5.74, 6) is -1.76. The van der Waals surface area contributed by atoms with Crippen LogP contribution in [-0.4, -0.2) is 22.9 Å². The Balaban J connectivity index is 2.48. The lowest BCUT2D eigenvalue weighted by molar-refractivity contribution is -0.120. The normalized spacial score (nSPS) is 15.4. The van der Waals surface area contributed by atoms with Gasteiger partial charge in [-0.05, 0) is 54.6 Å². The number of carbonyl (C=O) groups excluding carboxylic acids is 2. The largest absolute Gasteiger partial charge is 0.478 e. The second-order valence-corrected chi connectivity index (χ2v) is 5.33. The van der Waals surface area contributed by atoms with Crippen LogP contribution in [0.15, 0.2) is 29.3 Å². The molecule has 2 amide bonds. The van der Waals surface area contributed by atoms with Crippen LogP contribution >= 0.6 is 22.6 Å². The van der Waals surface area contributed by atoms with Gasteiger partial charge in [-0.2, -0.15) is 0 Å². The van der Waals surface area contributed by atoms with Gasteiger partial charge in [0.05, 0.1) is 11.3 Å². The highest BCUT2D eigenvalue weighted by atomic mass is 127. The molecule has 19 heavy (non-hydrogen) atoms. The number of hydrogen-bond donors (Lipinski definition) is 1. The monoisotopic (exact) mass is 371 g/mol. The first-order valence-electron chi connectivity index (χ1n) is 5.43. The highest BCUT2D eigenvalue weighted by Crippen LogP contribution is 2.30. The third kappa shape index (κ3) is 2.16. The highest BCUT2D eigenvalue weighted by molar-refractivity contribution is 14.1.